The molecule has 0 spiro atoms. The lowest BCUT2D eigenvalue weighted by atomic mass is 9.86. The van der Waals surface area contributed by atoms with Crippen LogP contribution in [0.25, 0.3) is 0 Å². The van der Waals surface area contributed by atoms with Crippen molar-refractivity contribution >= 4 is 11.6 Å². The van der Waals surface area contributed by atoms with Crippen LogP contribution >= 0.6 is 11.6 Å². The summed E-state index contributed by atoms with van der Waals surface area (Å²) >= 11 is 6.06. The molecule has 70 valence electrons. The summed E-state index contributed by atoms with van der Waals surface area (Å²) in [5.41, 5.74) is 6.56. The van der Waals surface area contributed by atoms with Crippen LogP contribution in [-0.2, 0) is 6.42 Å². The Balaban J connectivity index is 2.45. The predicted octanol–water partition coefficient (Wildman–Crippen LogP) is 1.56. The van der Waals surface area contributed by atoms with Crippen molar-refractivity contribution in [1.29, 1.82) is 0 Å². The highest BCUT2D eigenvalue weighted by molar-refractivity contribution is 6.21. The van der Waals surface area contributed by atoms with Crippen LogP contribution in [0.5, 0.6) is 0 Å². The largest absolute Gasteiger partial charge is 0.374 e. The number of fused-ring (bicyclic) bond motifs is 1. The van der Waals surface area contributed by atoms with Crippen molar-refractivity contribution in [2.75, 3.05) is 0 Å². The molecule has 0 aliphatic heterocycles. The second-order valence-corrected chi connectivity index (χ2v) is 3.99. The monoisotopic (exact) mass is 197 g/mol. The third kappa shape index (κ3) is 1.46. The van der Waals surface area contributed by atoms with Crippen molar-refractivity contribution in [3.8, 4) is 0 Å². The molecular formula is C10H12ClNO. The Morgan fingerprint density at radius 3 is 2.92 bits per heavy atom. The Bertz CT molecular complexity index is 324. The molecule has 0 bridgehead atoms. The molecule has 1 aromatic carbocycles. The van der Waals surface area contributed by atoms with E-state index in [9.17, 15) is 5.11 Å². The van der Waals surface area contributed by atoms with E-state index in [2.05, 4.69) is 0 Å². The Labute approximate surface area is 82.3 Å². The molecule has 0 heterocycles. The van der Waals surface area contributed by atoms with Crippen molar-refractivity contribution in [2.45, 2.75) is 23.9 Å². The summed E-state index contributed by atoms with van der Waals surface area (Å²) in [6.45, 7) is 0. The minimum Gasteiger partial charge on any atom is -0.374 e. The fraction of sp³-hybridized carbons (Fsp3) is 0.400. The molecule has 2 rings (SSSR count). The molecule has 2 nitrogen and oxygen atoms in total. The molecule has 13 heavy (non-hydrogen) atoms. The van der Waals surface area contributed by atoms with Crippen LogP contribution in [0.15, 0.2) is 24.3 Å². The fourth-order valence-corrected chi connectivity index (χ4v) is 2.06. The van der Waals surface area contributed by atoms with Gasteiger partial charge in [0.05, 0.1) is 0 Å². The second kappa shape index (κ2) is 2.98. The van der Waals surface area contributed by atoms with Gasteiger partial charge >= 0.3 is 0 Å². The molecule has 0 saturated carbocycles. The lowest BCUT2D eigenvalue weighted by Gasteiger charge is -2.34. The Morgan fingerprint density at radius 2 is 2.15 bits per heavy atom. The zero-order valence-electron chi connectivity index (χ0n) is 7.20. The molecule has 0 aromatic heterocycles. The standard InChI is InChI=1S/C10H12ClNO/c11-9-8-4-2-1-3-7(8)5-6-10(9,12)13/h1-4,9,13H,5-6,12H2. The minimum absolute atomic E-state index is 0.488. The van der Waals surface area contributed by atoms with Gasteiger partial charge in [0.1, 0.15) is 11.1 Å². The van der Waals surface area contributed by atoms with Crippen LogP contribution in [-0.4, -0.2) is 10.8 Å². The molecule has 1 aliphatic carbocycles. The first-order chi connectivity index (χ1) is 6.11. The third-order valence-corrected chi connectivity index (χ3v) is 3.17. The van der Waals surface area contributed by atoms with Crippen molar-refractivity contribution < 1.29 is 5.11 Å². The first-order valence-electron chi connectivity index (χ1n) is 4.34. The summed E-state index contributed by atoms with van der Waals surface area (Å²) in [4.78, 5) is 0. The number of halogens is 1. The molecule has 2 unspecified atom stereocenters. The summed E-state index contributed by atoms with van der Waals surface area (Å²) < 4.78 is 0. The highest BCUT2D eigenvalue weighted by Crippen LogP contribution is 2.38. The molecule has 3 heteroatoms. The van der Waals surface area contributed by atoms with Gasteiger partial charge in [0.2, 0.25) is 0 Å². The van der Waals surface area contributed by atoms with Crippen molar-refractivity contribution in [3.63, 3.8) is 0 Å². The lowest BCUT2D eigenvalue weighted by Crippen LogP contribution is -2.46. The van der Waals surface area contributed by atoms with Crippen LogP contribution in [0, 0.1) is 0 Å². The van der Waals surface area contributed by atoms with Crippen LogP contribution < -0.4 is 5.73 Å². The van der Waals surface area contributed by atoms with E-state index in [0.29, 0.717) is 6.42 Å². The van der Waals surface area contributed by atoms with Gasteiger partial charge in [0.15, 0.2) is 0 Å². The van der Waals surface area contributed by atoms with E-state index in [1.165, 1.54) is 5.56 Å². The van der Waals surface area contributed by atoms with E-state index >= 15 is 0 Å². The molecule has 0 fully saturated rings. The zero-order chi connectivity index (χ0) is 9.47. The Morgan fingerprint density at radius 1 is 1.46 bits per heavy atom. The SMILES string of the molecule is NC1(O)CCc2ccccc2C1Cl. The topological polar surface area (TPSA) is 46.2 Å². The van der Waals surface area contributed by atoms with Crippen LogP contribution in [0.1, 0.15) is 22.9 Å². The predicted molar refractivity (Wildman–Crippen MR) is 52.5 cm³/mol. The number of benzene rings is 1. The van der Waals surface area contributed by atoms with E-state index in [4.69, 9.17) is 17.3 Å². The van der Waals surface area contributed by atoms with Crippen LogP contribution in [0.4, 0.5) is 0 Å². The summed E-state index contributed by atoms with van der Waals surface area (Å²) in [6.07, 6.45) is 1.32. The average Bonchev–Trinajstić information content (AvgIpc) is 2.13. The maximum absolute atomic E-state index is 9.74. The number of rotatable bonds is 0. The van der Waals surface area contributed by atoms with Gasteiger partial charge in [-0.15, -0.1) is 11.6 Å². The van der Waals surface area contributed by atoms with Gasteiger partial charge in [-0.05, 0) is 24.0 Å². The maximum Gasteiger partial charge on any atom is 0.134 e. The average molecular weight is 198 g/mol. The molecule has 1 aliphatic rings. The highest BCUT2D eigenvalue weighted by atomic mass is 35.5. The number of hydrogen-bond donors (Lipinski definition) is 2. The van der Waals surface area contributed by atoms with Gasteiger partial charge < -0.3 is 10.8 Å². The molecular weight excluding hydrogens is 186 g/mol. The smallest absolute Gasteiger partial charge is 0.134 e. The molecule has 0 radical (unpaired) electrons. The maximum atomic E-state index is 9.74. The van der Waals surface area contributed by atoms with E-state index in [0.717, 1.165) is 12.0 Å². The molecule has 0 amide bonds. The van der Waals surface area contributed by atoms with E-state index in [-0.39, 0.29) is 0 Å². The lowest BCUT2D eigenvalue weighted by molar-refractivity contribution is 0.0276. The van der Waals surface area contributed by atoms with Gasteiger partial charge in [0, 0.05) is 0 Å². The Kier molecular flexibility index (Phi) is 2.06. The molecule has 3 N–H and O–H groups in total. The number of aryl methyl sites for hydroxylation is 1. The van der Waals surface area contributed by atoms with Gasteiger partial charge in [-0.2, -0.15) is 0 Å². The molecule has 0 saturated heterocycles. The van der Waals surface area contributed by atoms with Crippen molar-refractivity contribution in [2.24, 2.45) is 5.73 Å². The summed E-state index contributed by atoms with van der Waals surface area (Å²) in [5.74, 6) is 0. The summed E-state index contributed by atoms with van der Waals surface area (Å²) in [7, 11) is 0. The van der Waals surface area contributed by atoms with Crippen LogP contribution in [0.3, 0.4) is 0 Å². The first kappa shape index (κ1) is 9.00. The summed E-state index contributed by atoms with van der Waals surface area (Å²) in [6, 6.07) is 7.84. The van der Waals surface area contributed by atoms with Gasteiger partial charge in [-0.3, -0.25) is 0 Å². The number of hydrogen-bond acceptors (Lipinski definition) is 2. The van der Waals surface area contributed by atoms with Crippen LogP contribution in [0.2, 0.25) is 0 Å². The quantitative estimate of drug-likeness (QED) is 0.490. The number of alkyl halides is 1. The zero-order valence-corrected chi connectivity index (χ0v) is 7.96. The van der Waals surface area contributed by atoms with E-state index in [1.54, 1.807) is 0 Å². The summed E-state index contributed by atoms with van der Waals surface area (Å²) in [5, 5.41) is 9.25. The van der Waals surface area contributed by atoms with Gasteiger partial charge in [-0.25, -0.2) is 0 Å². The van der Waals surface area contributed by atoms with Gasteiger partial charge in [-0.1, -0.05) is 24.3 Å². The minimum atomic E-state index is -1.25. The fourth-order valence-electron chi connectivity index (χ4n) is 1.74. The number of aliphatic hydroxyl groups is 1. The first-order valence-corrected chi connectivity index (χ1v) is 4.78. The number of nitrogens with two attached hydrogens (primary N) is 1. The van der Waals surface area contributed by atoms with E-state index in [1.807, 2.05) is 24.3 Å². The van der Waals surface area contributed by atoms with E-state index < -0.39 is 11.1 Å². The van der Waals surface area contributed by atoms with Crippen molar-refractivity contribution in [1.82, 2.24) is 0 Å². The third-order valence-electron chi connectivity index (χ3n) is 2.56. The van der Waals surface area contributed by atoms with Gasteiger partial charge in [0.25, 0.3) is 0 Å². The molecule has 2 atom stereocenters. The highest BCUT2D eigenvalue weighted by Gasteiger charge is 2.36. The molecule has 1 aromatic rings. The van der Waals surface area contributed by atoms with Crippen molar-refractivity contribution in [3.05, 3.63) is 35.4 Å². The Hall–Kier alpha value is -0.570. The normalized spacial score (nSPS) is 32.7. The second-order valence-electron chi connectivity index (χ2n) is 3.55.